The lowest BCUT2D eigenvalue weighted by molar-refractivity contribution is 0.441. The Hall–Kier alpha value is -1.07. The fraction of sp³-hybridized carbons (Fsp3) is 0.250. The smallest absolute Gasteiger partial charge is 0.176 e. The van der Waals surface area contributed by atoms with Gasteiger partial charge in [0.05, 0.1) is 19.6 Å². The van der Waals surface area contributed by atoms with E-state index in [0.29, 0.717) is 12.1 Å². The lowest BCUT2D eigenvalue weighted by Gasteiger charge is -2.12. The van der Waals surface area contributed by atoms with Crippen LogP contribution in [-0.4, -0.2) is 11.0 Å². The summed E-state index contributed by atoms with van der Waals surface area (Å²) in [5, 5.41) is 0. The van der Waals surface area contributed by atoms with Gasteiger partial charge in [0.2, 0.25) is 0 Å². The zero-order valence-corrected chi connectivity index (χ0v) is 16.0. The topological polar surface area (TPSA) is 0 Å². The van der Waals surface area contributed by atoms with Crippen molar-refractivity contribution >= 4 is 35.3 Å². The molecule has 2 rings (SSSR count). The highest BCUT2D eigenvalue weighted by Crippen LogP contribution is 2.41. The molecular weight excluding hydrogens is 440 g/mol. The zero-order valence-electron chi connectivity index (χ0n) is 13.6. The Bertz CT molecular complexity index is 785. The molecule has 0 fully saturated rings. The molecule has 148 valence electrons. The van der Waals surface area contributed by atoms with E-state index in [9.17, 15) is 35.1 Å². The third-order valence-corrected chi connectivity index (χ3v) is 5.85. The minimum atomic E-state index is -1.73. The molecular formula is C16H10F8S3. The van der Waals surface area contributed by atoms with Crippen LogP contribution < -0.4 is 0 Å². The van der Waals surface area contributed by atoms with Crippen LogP contribution in [0.25, 0.3) is 0 Å². The molecule has 0 amide bonds. The van der Waals surface area contributed by atoms with Gasteiger partial charge in [0.15, 0.2) is 23.3 Å². The summed E-state index contributed by atoms with van der Waals surface area (Å²) in [4.78, 5) is -3.41. The van der Waals surface area contributed by atoms with E-state index in [0.717, 1.165) is 13.8 Å². The molecule has 0 heterocycles. The second-order valence-corrected chi connectivity index (χ2v) is 8.72. The highest BCUT2D eigenvalue weighted by molar-refractivity contribution is 8.00. The molecule has 2 aromatic carbocycles. The molecule has 2 atom stereocenters. The number of hydrogen-bond acceptors (Lipinski definition) is 3. The van der Waals surface area contributed by atoms with Crippen LogP contribution in [0, 0.1) is 34.9 Å². The van der Waals surface area contributed by atoms with E-state index in [4.69, 9.17) is 0 Å². The van der Waals surface area contributed by atoms with Crippen molar-refractivity contribution in [3.05, 3.63) is 47.0 Å². The molecule has 0 aromatic heterocycles. The second-order valence-electron chi connectivity index (χ2n) is 5.05. The third kappa shape index (κ3) is 5.05. The van der Waals surface area contributed by atoms with Crippen molar-refractivity contribution in [2.45, 2.75) is 44.4 Å². The Morgan fingerprint density at radius 2 is 0.963 bits per heavy atom. The average Bonchev–Trinajstić information content (AvgIpc) is 2.57. The van der Waals surface area contributed by atoms with E-state index < -0.39 is 65.5 Å². The van der Waals surface area contributed by atoms with E-state index in [2.05, 4.69) is 0 Å². The molecule has 11 heteroatoms. The van der Waals surface area contributed by atoms with Gasteiger partial charge in [-0.3, -0.25) is 0 Å². The quantitative estimate of drug-likeness (QED) is 0.254. The van der Waals surface area contributed by atoms with Crippen molar-refractivity contribution in [2.24, 2.45) is 0 Å². The van der Waals surface area contributed by atoms with Crippen molar-refractivity contribution in [1.82, 2.24) is 0 Å². The fourth-order valence-electron chi connectivity index (χ4n) is 1.92. The first-order valence-electron chi connectivity index (χ1n) is 7.17. The number of benzene rings is 2. The van der Waals surface area contributed by atoms with Gasteiger partial charge in [-0.1, -0.05) is 35.3 Å². The first-order valence-corrected chi connectivity index (χ1v) is 9.74. The van der Waals surface area contributed by atoms with Crippen molar-refractivity contribution in [1.29, 1.82) is 0 Å². The molecule has 2 aromatic rings. The second kappa shape index (κ2) is 8.95. The van der Waals surface area contributed by atoms with Crippen LogP contribution in [0.2, 0.25) is 0 Å². The molecule has 0 spiro atoms. The molecule has 27 heavy (non-hydrogen) atoms. The van der Waals surface area contributed by atoms with Crippen LogP contribution >= 0.6 is 35.3 Å². The predicted octanol–water partition coefficient (Wildman–Crippen LogP) is 7.49. The number of hydrogen-bond donors (Lipinski definition) is 0. The van der Waals surface area contributed by atoms with Crippen LogP contribution in [0.5, 0.6) is 0 Å². The predicted molar refractivity (Wildman–Crippen MR) is 89.6 cm³/mol. The zero-order chi connectivity index (χ0) is 20.5. The summed E-state index contributed by atoms with van der Waals surface area (Å²) in [5.41, 5.74) is -3.45. The fourth-order valence-corrected chi connectivity index (χ4v) is 4.22. The van der Waals surface area contributed by atoms with Gasteiger partial charge in [0.25, 0.3) is 0 Å². The molecule has 2 unspecified atom stereocenters. The van der Waals surface area contributed by atoms with E-state index >= 15 is 0 Å². The molecule has 0 bridgehead atoms. The standard InChI is InChI=1S/C16H10F8S3/c1-5(17)25-15-7(19)3-9(11(21)13(15)23)27-10-4-8(20)16(26-6(2)18)14(24)12(10)22/h3-6H,1-2H3. The summed E-state index contributed by atoms with van der Waals surface area (Å²) in [5.74, 6) is -9.28. The highest BCUT2D eigenvalue weighted by atomic mass is 32.2. The summed E-state index contributed by atoms with van der Waals surface area (Å²) in [6.07, 6.45) is 0. The normalized spacial score (nSPS) is 13.7. The molecule has 0 radical (unpaired) electrons. The van der Waals surface area contributed by atoms with Gasteiger partial charge in [-0.2, -0.15) is 0 Å². The lowest BCUT2D eigenvalue weighted by Crippen LogP contribution is -2.01. The summed E-state index contributed by atoms with van der Waals surface area (Å²) < 4.78 is 110. The summed E-state index contributed by atoms with van der Waals surface area (Å²) in [6, 6.07) is 0.935. The van der Waals surface area contributed by atoms with E-state index in [1.807, 2.05) is 0 Å². The van der Waals surface area contributed by atoms with Gasteiger partial charge in [-0.05, 0) is 26.0 Å². The van der Waals surface area contributed by atoms with Gasteiger partial charge in [-0.15, -0.1) is 0 Å². The van der Waals surface area contributed by atoms with Crippen molar-refractivity contribution in [3.63, 3.8) is 0 Å². The minimum absolute atomic E-state index is 0.0367. The molecule has 0 aliphatic carbocycles. The minimum Gasteiger partial charge on any atom is -0.236 e. The number of halogens is 8. The largest absolute Gasteiger partial charge is 0.236 e. The number of rotatable bonds is 6. The Balaban J connectivity index is 2.46. The molecule has 0 aliphatic rings. The Labute approximate surface area is 162 Å². The van der Waals surface area contributed by atoms with Crippen LogP contribution in [-0.2, 0) is 0 Å². The number of thioether (sulfide) groups is 2. The SMILES string of the molecule is CC(F)Sc1c(F)cc(Sc2cc(F)c(SC(C)F)c(F)c2F)c(F)c1F. The van der Waals surface area contributed by atoms with Crippen LogP contribution in [0.4, 0.5) is 35.1 Å². The van der Waals surface area contributed by atoms with Crippen molar-refractivity contribution < 1.29 is 35.1 Å². The summed E-state index contributed by atoms with van der Waals surface area (Å²) >= 11 is 0.233. The van der Waals surface area contributed by atoms with Gasteiger partial charge < -0.3 is 0 Å². The molecule has 0 saturated heterocycles. The number of alkyl halides is 2. The Kier molecular flexibility index (Phi) is 7.37. The average molecular weight is 450 g/mol. The van der Waals surface area contributed by atoms with E-state index in [-0.39, 0.29) is 35.3 Å². The Morgan fingerprint density at radius 3 is 1.26 bits per heavy atom. The van der Waals surface area contributed by atoms with E-state index in [1.54, 1.807) is 0 Å². The lowest BCUT2D eigenvalue weighted by atomic mass is 10.3. The summed E-state index contributed by atoms with van der Waals surface area (Å²) in [7, 11) is 0. The first-order chi connectivity index (χ1) is 12.5. The molecule has 0 aliphatic heterocycles. The maximum atomic E-state index is 14.1. The first kappa shape index (κ1) is 22.2. The van der Waals surface area contributed by atoms with Crippen LogP contribution in [0.15, 0.2) is 31.7 Å². The van der Waals surface area contributed by atoms with Gasteiger partial charge in [0.1, 0.15) is 22.6 Å². The van der Waals surface area contributed by atoms with Gasteiger partial charge in [0, 0.05) is 0 Å². The van der Waals surface area contributed by atoms with Crippen molar-refractivity contribution in [3.8, 4) is 0 Å². The highest BCUT2D eigenvalue weighted by Gasteiger charge is 2.25. The van der Waals surface area contributed by atoms with Crippen LogP contribution in [0.1, 0.15) is 13.8 Å². The molecule has 0 N–H and O–H groups in total. The van der Waals surface area contributed by atoms with Crippen molar-refractivity contribution in [2.75, 3.05) is 0 Å². The van der Waals surface area contributed by atoms with Gasteiger partial charge in [-0.25, -0.2) is 35.1 Å². The Morgan fingerprint density at radius 1 is 0.630 bits per heavy atom. The maximum Gasteiger partial charge on any atom is 0.176 e. The molecule has 0 saturated carbocycles. The third-order valence-electron chi connectivity index (χ3n) is 2.95. The molecule has 0 nitrogen and oxygen atoms in total. The monoisotopic (exact) mass is 450 g/mol. The maximum absolute atomic E-state index is 14.1. The van der Waals surface area contributed by atoms with Crippen LogP contribution in [0.3, 0.4) is 0 Å². The van der Waals surface area contributed by atoms with E-state index in [1.165, 1.54) is 0 Å². The summed E-state index contributed by atoms with van der Waals surface area (Å²) in [6.45, 7) is 1.98. The van der Waals surface area contributed by atoms with Gasteiger partial charge >= 0.3 is 0 Å².